The van der Waals surface area contributed by atoms with Crippen LogP contribution in [0.15, 0.2) is 60.7 Å². The van der Waals surface area contributed by atoms with Gasteiger partial charge in [0.2, 0.25) is 5.91 Å². The number of benzene rings is 2. The third kappa shape index (κ3) is 5.33. The molecular formula is C27H28N4O3S. The van der Waals surface area contributed by atoms with Crippen LogP contribution in [0.4, 0.5) is 5.69 Å². The SMILES string of the molecule is CC(=O)c1ccc(N(CC(=O)NC(C)(C)C)C(=O)c2cc3c(C)nn(-c4ccccc4)c3s2)cc1. The number of thiophene rings is 1. The lowest BCUT2D eigenvalue weighted by Crippen LogP contribution is -2.47. The first-order chi connectivity index (χ1) is 16.5. The molecule has 180 valence electrons. The summed E-state index contributed by atoms with van der Waals surface area (Å²) in [6, 6.07) is 18.3. The van der Waals surface area contributed by atoms with Crippen LogP contribution in [-0.4, -0.2) is 39.5 Å². The molecule has 0 aliphatic rings. The molecule has 1 N–H and O–H groups in total. The molecule has 2 amide bonds. The van der Waals surface area contributed by atoms with Gasteiger partial charge in [0.05, 0.1) is 16.3 Å². The number of fused-ring (bicyclic) bond motifs is 1. The molecule has 0 aliphatic carbocycles. The average molecular weight is 489 g/mol. The number of Topliss-reactive ketones (excluding diaryl/α,β-unsaturated/α-hetero) is 1. The molecule has 2 heterocycles. The molecule has 0 saturated heterocycles. The van der Waals surface area contributed by atoms with E-state index in [4.69, 9.17) is 0 Å². The zero-order chi connectivity index (χ0) is 25.3. The summed E-state index contributed by atoms with van der Waals surface area (Å²) < 4.78 is 1.84. The number of aryl methyl sites for hydroxylation is 1. The number of amides is 2. The molecule has 4 aromatic rings. The predicted octanol–water partition coefficient (Wildman–Crippen LogP) is 5.16. The normalized spacial score (nSPS) is 11.5. The van der Waals surface area contributed by atoms with Crippen LogP contribution in [0.2, 0.25) is 0 Å². The minimum Gasteiger partial charge on any atom is -0.350 e. The molecule has 0 aliphatic heterocycles. The molecule has 0 fully saturated rings. The molecule has 35 heavy (non-hydrogen) atoms. The van der Waals surface area contributed by atoms with Gasteiger partial charge in [0.25, 0.3) is 5.91 Å². The first kappa shape index (κ1) is 24.3. The van der Waals surface area contributed by atoms with Crippen molar-refractivity contribution in [1.29, 1.82) is 0 Å². The van der Waals surface area contributed by atoms with Crippen LogP contribution in [0.5, 0.6) is 0 Å². The van der Waals surface area contributed by atoms with Gasteiger partial charge in [-0.05, 0) is 77.1 Å². The van der Waals surface area contributed by atoms with Gasteiger partial charge in [-0.1, -0.05) is 18.2 Å². The Morgan fingerprint density at radius 3 is 2.29 bits per heavy atom. The average Bonchev–Trinajstić information content (AvgIpc) is 3.37. The fraction of sp³-hybridized carbons (Fsp3) is 0.259. The van der Waals surface area contributed by atoms with Crippen molar-refractivity contribution in [3.8, 4) is 5.69 Å². The van der Waals surface area contributed by atoms with Crippen LogP contribution in [0, 0.1) is 6.92 Å². The van der Waals surface area contributed by atoms with Gasteiger partial charge in [-0.3, -0.25) is 19.3 Å². The Morgan fingerprint density at radius 1 is 1.03 bits per heavy atom. The topological polar surface area (TPSA) is 84.3 Å². The highest BCUT2D eigenvalue weighted by Gasteiger charge is 2.26. The van der Waals surface area contributed by atoms with E-state index in [-0.39, 0.29) is 24.1 Å². The van der Waals surface area contributed by atoms with E-state index >= 15 is 0 Å². The van der Waals surface area contributed by atoms with Gasteiger partial charge >= 0.3 is 0 Å². The van der Waals surface area contributed by atoms with Crippen LogP contribution in [-0.2, 0) is 4.79 Å². The Morgan fingerprint density at radius 2 is 1.69 bits per heavy atom. The third-order valence-corrected chi connectivity index (χ3v) is 6.50. The summed E-state index contributed by atoms with van der Waals surface area (Å²) in [4.78, 5) is 41.1. The lowest BCUT2D eigenvalue weighted by atomic mass is 10.1. The second kappa shape index (κ2) is 9.46. The minimum absolute atomic E-state index is 0.0645. The summed E-state index contributed by atoms with van der Waals surface area (Å²) in [5, 5.41) is 8.46. The van der Waals surface area contributed by atoms with Crippen molar-refractivity contribution in [2.75, 3.05) is 11.4 Å². The predicted molar refractivity (Wildman–Crippen MR) is 140 cm³/mol. The number of carbonyl (C=O) groups is 3. The molecule has 0 saturated carbocycles. The molecule has 2 aromatic heterocycles. The Balaban J connectivity index is 1.73. The van der Waals surface area contributed by atoms with Gasteiger partial charge in [0.1, 0.15) is 11.4 Å². The number of ketones is 1. The Labute approximate surface area is 208 Å². The molecule has 0 radical (unpaired) electrons. The molecule has 7 nitrogen and oxygen atoms in total. The van der Waals surface area contributed by atoms with Crippen LogP contribution in [0.1, 0.15) is 53.4 Å². The van der Waals surface area contributed by atoms with E-state index in [1.165, 1.54) is 23.2 Å². The molecule has 2 aromatic carbocycles. The van der Waals surface area contributed by atoms with Gasteiger partial charge in [-0.25, -0.2) is 4.68 Å². The van der Waals surface area contributed by atoms with Gasteiger partial charge in [0, 0.05) is 22.2 Å². The maximum atomic E-state index is 13.8. The van der Waals surface area contributed by atoms with Crippen molar-refractivity contribution in [2.45, 2.75) is 40.2 Å². The van der Waals surface area contributed by atoms with E-state index in [1.807, 2.05) is 68.8 Å². The fourth-order valence-electron chi connectivity index (χ4n) is 3.79. The fourth-order valence-corrected chi connectivity index (χ4v) is 4.92. The highest BCUT2D eigenvalue weighted by atomic mass is 32.1. The third-order valence-electron chi connectivity index (χ3n) is 5.40. The second-order valence-electron chi connectivity index (χ2n) is 9.45. The number of anilines is 1. The second-order valence-corrected chi connectivity index (χ2v) is 10.5. The van der Waals surface area contributed by atoms with E-state index < -0.39 is 5.54 Å². The number of hydrogen-bond acceptors (Lipinski definition) is 5. The molecular weight excluding hydrogens is 460 g/mol. The summed E-state index contributed by atoms with van der Waals surface area (Å²) in [5.74, 6) is -0.621. The largest absolute Gasteiger partial charge is 0.350 e. The molecule has 0 unspecified atom stereocenters. The van der Waals surface area contributed by atoms with Gasteiger partial charge in [-0.2, -0.15) is 5.10 Å². The Bertz CT molecular complexity index is 1400. The van der Waals surface area contributed by atoms with Crippen molar-refractivity contribution in [3.05, 3.63) is 76.8 Å². The lowest BCUT2D eigenvalue weighted by Gasteiger charge is -2.26. The first-order valence-electron chi connectivity index (χ1n) is 11.3. The maximum absolute atomic E-state index is 13.8. The number of aromatic nitrogens is 2. The minimum atomic E-state index is -0.432. The first-order valence-corrected chi connectivity index (χ1v) is 12.1. The Kier molecular flexibility index (Phi) is 6.58. The summed E-state index contributed by atoms with van der Waals surface area (Å²) in [5.41, 5.74) is 2.39. The van der Waals surface area contributed by atoms with Gasteiger partial charge in [-0.15, -0.1) is 11.3 Å². The maximum Gasteiger partial charge on any atom is 0.268 e. The van der Waals surface area contributed by atoms with Crippen LogP contribution in [0.25, 0.3) is 15.9 Å². The van der Waals surface area contributed by atoms with Crippen molar-refractivity contribution in [1.82, 2.24) is 15.1 Å². The van der Waals surface area contributed by atoms with Crippen molar-refractivity contribution < 1.29 is 14.4 Å². The molecule has 0 spiro atoms. The summed E-state index contributed by atoms with van der Waals surface area (Å²) in [6.45, 7) is 8.93. The van der Waals surface area contributed by atoms with E-state index in [0.717, 1.165) is 21.6 Å². The Hall–Kier alpha value is -3.78. The summed E-state index contributed by atoms with van der Waals surface area (Å²) >= 11 is 1.34. The van der Waals surface area contributed by atoms with E-state index in [2.05, 4.69) is 10.4 Å². The molecule has 4 rings (SSSR count). The summed E-state index contributed by atoms with van der Waals surface area (Å²) in [6.07, 6.45) is 0. The smallest absolute Gasteiger partial charge is 0.268 e. The number of carbonyl (C=O) groups excluding carboxylic acids is 3. The van der Waals surface area contributed by atoms with E-state index in [1.54, 1.807) is 24.3 Å². The van der Waals surface area contributed by atoms with Crippen molar-refractivity contribution >= 4 is 44.8 Å². The monoisotopic (exact) mass is 488 g/mol. The zero-order valence-electron chi connectivity index (χ0n) is 20.5. The van der Waals surface area contributed by atoms with E-state index in [0.29, 0.717) is 16.1 Å². The molecule has 8 heteroatoms. The van der Waals surface area contributed by atoms with Gasteiger partial charge < -0.3 is 5.32 Å². The number of nitrogens with one attached hydrogen (secondary N) is 1. The number of rotatable bonds is 6. The van der Waals surface area contributed by atoms with Crippen LogP contribution < -0.4 is 10.2 Å². The zero-order valence-corrected chi connectivity index (χ0v) is 21.3. The quantitative estimate of drug-likeness (QED) is 0.380. The standard InChI is InChI=1S/C27H28N4O3S/c1-17-22-15-23(35-26(22)31(29-17)21-9-7-6-8-10-21)25(34)30(16-24(33)28-27(3,4)5)20-13-11-19(12-14-20)18(2)32/h6-15H,16H2,1-5H3,(H,28,33). The van der Waals surface area contributed by atoms with Crippen molar-refractivity contribution in [3.63, 3.8) is 0 Å². The highest BCUT2D eigenvalue weighted by Crippen LogP contribution is 2.32. The van der Waals surface area contributed by atoms with Crippen LogP contribution >= 0.6 is 11.3 Å². The molecule has 0 atom stereocenters. The number of hydrogen-bond donors (Lipinski definition) is 1. The number of para-hydroxylation sites is 1. The molecule has 0 bridgehead atoms. The highest BCUT2D eigenvalue weighted by molar-refractivity contribution is 7.20. The van der Waals surface area contributed by atoms with Gasteiger partial charge in [0.15, 0.2) is 5.78 Å². The van der Waals surface area contributed by atoms with E-state index in [9.17, 15) is 14.4 Å². The summed E-state index contributed by atoms with van der Waals surface area (Å²) in [7, 11) is 0. The lowest BCUT2D eigenvalue weighted by molar-refractivity contribution is -0.121. The number of nitrogens with zero attached hydrogens (tertiary/aromatic N) is 3. The van der Waals surface area contributed by atoms with Crippen LogP contribution in [0.3, 0.4) is 0 Å². The van der Waals surface area contributed by atoms with Crippen molar-refractivity contribution in [2.24, 2.45) is 0 Å².